The molecule has 0 radical (unpaired) electrons. The van der Waals surface area contributed by atoms with Crippen molar-refractivity contribution in [2.45, 2.75) is 37.6 Å². The van der Waals surface area contributed by atoms with Crippen LogP contribution in [-0.4, -0.2) is 38.9 Å². The van der Waals surface area contributed by atoms with Crippen LogP contribution in [0.1, 0.15) is 24.0 Å². The lowest BCUT2D eigenvalue weighted by atomic mass is 10.1. The summed E-state index contributed by atoms with van der Waals surface area (Å²) in [4.78, 5) is 14.1. The van der Waals surface area contributed by atoms with Crippen LogP contribution in [0.3, 0.4) is 0 Å². The number of anilines is 1. The molecule has 3 N–H and O–H groups in total. The Labute approximate surface area is 125 Å². The summed E-state index contributed by atoms with van der Waals surface area (Å²) in [6.45, 7) is 3.92. The van der Waals surface area contributed by atoms with E-state index in [0.29, 0.717) is 18.3 Å². The van der Waals surface area contributed by atoms with Gasteiger partial charge in [0.15, 0.2) is 0 Å². The van der Waals surface area contributed by atoms with Gasteiger partial charge in [0.05, 0.1) is 11.4 Å². The van der Waals surface area contributed by atoms with Crippen LogP contribution in [0, 0.1) is 13.8 Å². The molecular formula is C14H21N3O3S. The lowest BCUT2D eigenvalue weighted by Gasteiger charge is -2.17. The third kappa shape index (κ3) is 4.03. The lowest BCUT2D eigenvalue weighted by molar-refractivity contribution is -0.117. The van der Waals surface area contributed by atoms with Gasteiger partial charge in [-0.2, -0.15) is 0 Å². The van der Waals surface area contributed by atoms with E-state index in [4.69, 9.17) is 5.14 Å². The Balaban J connectivity index is 2.18. The van der Waals surface area contributed by atoms with E-state index in [9.17, 15) is 13.2 Å². The topological polar surface area (TPSA) is 92.5 Å². The van der Waals surface area contributed by atoms with Gasteiger partial charge >= 0.3 is 0 Å². The van der Waals surface area contributed by atoms with Gasteiger partial charge in [-0.3, -0.25) is 9.69 Å². The Morgan fingerprint density at radius 2 is 2.00 bits per heavy atom. The standard InChI is InChI=1S/C14H21N3O3S/c1-9-6-12(21(15,19)20)7-13(10(9)2)16-14(18)8-17(3)11-4-5-11/h6-7,11H,4-5,8H2,1-3H3,(H,16,18)(H2,15,19,20). The zero-order chi connectivity index (χ0) is 15.8. The van der Waals surface area contributed by atoms with E-state index in [1.807, 2.05) is 18.9 Å². The van der Waals surface area contributed by atoms with Crippen molar-refractivity contribution in [3.8, 4) is 0 Å². The molecule has 0 aliphatic heterocycles. The fraction of sp³-hybridized carbons (Fsp3) is 0.500. The summed E-state index contributed by atoms with van der Waals surface area (Å²) in [5, 5.41) is 7.93. The molecule has 21 heavy (non-hydrogen) atoms. The predicted octanol–water partition coefficient (Wildman–Crippen LogP) is 0.984. The first-order valence-corrected chi connectivity index (χ1v) is 8.37. The van der Waals surface area contributed by atoms with Crippen LogP contribution >= 0.6 is 0 Å². The van der Waals surface area contributed by atoms with Crippen molar-refractivity contribution in [1.29, 1.82) is 0 Å². The molecular weight excluding hydrogens is 290 g/mol. The van der Waals surface area contributed by atoms with Gasteiger partial charge < -0.3 is 5.32 Å². The fourth-order valence-electron chi connectivity index (χ4n) is 2.18. The number of nitrogens with zero attached hydrogens (tertiary/aromatic N) is 1. The van der Waals surface area contributed by atoms with Crippen molar-refractivity contribution in [3.63, 3.8) is 0 Å². The molecule has 0 heterocycles. The van der Waals surface area contributed by atoms with Gasteiger partial charge in [-0.25, -0.2) is 13.6 Å². The number of benzene rings is 1. The van der Waals surface area contributed by atoms with Crippen molar-refractivity contribution in [2.75, 3.05) is 18.9 Å². The van der Waals surface area contributed by atoms with Crippen LogP contribution in [0.25, 0.3) is 0 Å². The number of nitrogens with one attached hydrogen (secondary N) is 1. The number of sulfonamides is 1. The Bertz CT molecular complexity index is 666. The van der Waals surface area contributed by atoms with Crippen molar-refractivity contribution in [2.24, 2.45) is 5.14 Å². The summed E-state index contributed by atoms with van der Waals surface area (Å²) in [5.41, 5.74) is 2.10. The van der Waals surface area contributed by atoms with Crippen molar-refractivity contribution in [1.82, 2.24) is 4.90 Å². The highest BCUT2D eigenvalue weighted by atomic mass is 32.2. The molecule has 116 valence electrons. The van der Waals surface area contributed by atoms with Crippen LogP contribution in [-0.2, 0) is 14.8 Å². The van der Waals surface area contributed by atoms with E-state index in [1.165, 1.54) is 12.1 Å². The number of likely N-dealkylation sites (N-methyl/N-ethyl adjacent to an activating group) is 1. The first kappa shape index (κ1) is 15.9. The smallest absolute Gasteiger partial charge is 0.238 e. The normalized spacial score (nSPS) is 15.3. The Kier molecular flexibility index (Phi) is 4.36. The minimum Gasteiger partial charge on any atom is -0.325 e. The van der Waals surface area contributed by atoms with Crippen molar-refractivity contribution >= 4 is 21.6 Å². The van der Waals surface area contributed by atoms with Crippen LogP contribution in [0.2, 0.25) is 0 Å². The zero-order valence-corrected chi connectivity index (χ0v) is 13.3. The van der Waals surface area contributed by atoms with Gasteiger partial charge in [0.1, 0.15) is 0 Å². The molecule has 7 heteroatoms. The molecule has 2 rings (SSSR count). The molecule has 1 aliphatic rings. The second kappa shape index (κ2) is 5.75. The molecule has 1 aliphatic carbocycles. The maximum atomic E-state index is 12.0. The number of nitrogens with two attached hydrogens (primary N) is 1. The van der Waals surface area contributed by atoms with E-state index in [1.54, 1.807) is 6.92 Å². The maximum absolute atomic E-state index is 12.0. The highest BCUT2D eigenvalue weighted by Crippen LogP contribution is 2.26. The summed E-state index contributed by atoms with van der Waals surface area (Å²) in [7, 11) is -1.88. The highest BCUT2D eigenvalue weighted by Gasteiger charge is 2.27. The van der Waals surface area contributed by atoms with E-state index >= 15 is 0 Å². The molecule has 1 fully saturated rings. The summed E-state index contributed by atoms with van der Waals surface area (Å²) in [6, 6.07) is 3.41. The maximum Gasteiger partial charge on any atom is 0.238 e. The first-order chi connectivity index (χ1) is 9.68. The predicted molar refractivity (Wildman–Crippen MR) is 81.6 cm³/mol. The van der Waals surface area contributed by atoms with Crippen LogP contribution in [0.5, 0.6) is 0 Å². The second-order valence-corrected chi connectivity index (χ2v) is 7.21. The number of hydrogen-bond donors (Lipinski definition) is 2. The minimum atomic E-state index is -3.79. The van der Waals surface area contributed by atoms with Crippen LogP contribution in [0.15, 0.2) is 17.0 Å². The molecule has 0 atom stereocenters. The summed E-state index contributed by atoms with van der Waals surface area (Å²) >= 11 is 0. The average Bonchev–Trinajstić information content (AvgIpc) is 3.17. The molecule has 0 spiro atoms. The van der Waals surface area contributed by atoms with Gasteiger partial charge in [0.25, 0.3) is 0 Å². The number of hydrogen-bond acceptors (Lipinski definition) is 4. The molecule has 1 aromatic rings. The number of rotatable bonds is 5. The lowest BCUT2D eigenvalue weighted by Crippen LogP contribution is -2.32. The third-order valence-electron chi connectivity index (χ3n) is 3.81. The largest absolute Gasteiger partial charge is 0.325 e. The Morgan fingerprint density at radius 1 is 1.38 bits per heavy atom. The van der Waals surface area contributed by atoms with Gasteiger partial charge in [0, 0.05) is 11.7 Å². The average molecular weight is 311 g/mol. The molecule has 0 saturated heterocycles. The number of aryl methyl sites for hydroxylation is 1. The van der Waals surface area contributed by atoms with Crippen LogP contribution in [0.4, 0.5) is 5.69 Å². The SMILES string of the molecule is Cc1cc(S(N)(=O)=O)cc(NC(=O)CN(C)C2CC2)c1C. The molecule has 1 saturated carbocycles. The number of primary sulfonamides is 1. The van der Waals surface area contributed by atoms with Gasteiger partial charge in [-0.05, 0) is 57.0 Å². The van der Waals surface area contributed by atoms with E-state index < -0.39 is 10.0 Å². The summed E-state index contributed by atoms with van der Waals surface area (Å²) in [5.74, 6) is -0.154. The molecule has 0 unspecified atom stereocenters. The molecule has 1 amide bonds. The first-order valence-electron chi connectivity index (χ1n) is 6.82. The van der Waals surface area contributed by atoms with Crippen molar-refractivity contribution < 1.29 is 13.2 Å². The molecule has 0 aromatic heterocycles. The zero-order valence-electron chi connectivity index (χ0n) is 12.5. The van der Waals surface area contributed by atoms with Gasteiger partial charge in [-0.15, -0.1) is 0 Å². The quantitative estimate of drug-likeness (QED) is 0.848. The Hall–Kier alpha value is -1.44. The second-order valence-electron chi connectivity index (χ2n) is 5.65. The van der Waals surface area contributed by atoms with Gasteiger partial charge in [-0.1, -0.05) is 0 Å². The summed E-state index contributed by atoms with van der Waals surface area (Å²) in [6.07, 6.45) is 2.26. The summed E-state index contributed by atoms with van der Waals surface area (Å²) < 4.78 is 22.9. The number of amides is 1. The highest BCUT2D eigenvalue weighted by molar-refractivity contribution is 7.89. The van der Waals surface area contributed by atoms with Crippen LogP contribution < -0.4 is 10.5 Å². The minimum absolute atomic E-state index is 0.0106. The molecule has 1 aromatic carbocycles. The van der Waals surface area contributed by atoms with E-state index in [0.717, 1.165) is 24.0 Å². The molecule has 6 nitrogen and oxygen atoms in total. The third-order valence-corrected chi connectivity index (χ3v) is 4.70. The van der Waals surface area contributed by atoms with Gasteiger partial charge in [0.2, 0.25) is 15.9 Å². The fourth-order valence-corrected chi connectivity index (χ4v) is 2.80. The van der Waals surface area contributed by atoms with E-state index in [-0.39, 0.29) is 10.8 Å². The number of carbonyl (C=O) groups excluding carboxylic acids is 1. The molecule has 0 bridgehead atoms. The van der Waals surface area contributed by atoms with E-state index in [2.05, 4.69) is 5.32 Å². The number of carbonyl (C=O) groups is 1. The van der Waals surface area contributed by atoms with Crippen molar-refractivity contribution in [3.05, 3.63) is 23.3 Å². The monoisotopic (exact) mass is 311 g/mol. The Morgan fingerprint density at radius 3 is 2.52 bits per heavy atom.